The van der Waals surface area contributed by atoms with Gasteiger partial charge < -0.3 is 15.3 Å². The molecule has 1 aliphatic rings. The molecule has 4 aromatic heterocycles. The molecule has 0 atom stereocenters. The average molecular weight is 431 g/mol. The van der Waals surface area contributed by atoms with E-state index in [9.17, 15) is 5.11 Å². The fraction of sp³-hybridized carbons (Fsp3) is 0.250. The smallest absolute Gasteiger partial charge is 0.177 e. The Morgan fingerprint density at radius 2 is 1.97 bits per heavy atom. The molecule has 0 amide bonds. The van der Waals surface area contributed by atoms with E-state index in [4.69, 9.17) is 10.2 Å². The number of nitrogens with two attached hydrogens (primary N) is 1. The molecule has 3 N–H and O–H groups in total. The van der Waals surface area contributed by atoms with E-state index in [0.717, 1.165) is 53.5 Å². The third-order valence-corrected chi connectivity index (χ3v) is 7.25. The van der Waals surface area contributed by atoms with Gasteiger partial charge in [-0.15, -0.1) is 11.3 Å². The van der Waals surface area contributed by atoms with Gasteiger partial charge in [-0.05, 0) is 54.6 Å². The molecule has 5 aromatic rings. The maximum absolute atomic E-state index is 9.79. The number of aliphatic hydroxyl groups is 1. The van der Waals surface area contributed by atoms with Gasteiger partial charge in [0.1, 0.15) is 5.76 Å². The Hall–Kier alpha value is -3.16. The molecule has 6 rings (SSSR count). The van der Waals surface area contributed by atoms with Gasteiger partial charge in [-0.3, -0.25) is 4.68 Å². The molecule has 6 nitrogen and oxygen atoms in total. The number of nitrogens with zero attached hydrogens (tertiary/aromatic N) is 3. The SMILES string of the molecule is Nc1ncc(-c2cnn([C@H]3CC[C@H](O)CC3)c2)c2cc(-c3cccc4ccsc34)oc12. The summed E-state index contributed by atoms with van der Waals surface area (Å²) >= 11 is 1.70. The third kappa shape index (κ3) is 3.12. The molecule has 7 heteroatoms. The van der Waals surface area contributed by atoms with Crippen LogP contribution in [-0.2, 0) is 0 Å². The molecule has 156 valence electrons. The second-order valence-corrected chi connectivity index (χ2v) is 9.14. The number of rotatable bonds is 3. The van der Waals surface area contributed by atoms with Crippen LogP contribution in [0, 0.1) is 0 Å². The number of pyridine rings is 1. The normalized spacial score (nSPS) is 19.4. The van der Waals surface area contributed by atoms with Gasteiger partial charge in [0.05, 0.1) is 18.3 Å². The Balaban J connectivity index is 1.44. The van der Waals surface area contributed by atoms with Crippen molar-refractivity contribution in [2.45, 2.75) is 37.8 Å². The zero-order valence-corrected chi connectivity index (χ0v) is 17.7. The lowest BCUT2D eigenvalue weighted by Gasteiger charge is -2.25. The minimum absolute atomic E-state index is 0.177. The van der Waals surface area contributed by atoms with Gasteiger partial charge in [0.2, 0.25) is 0 Å². The van der Waals surface area contributed by atoms with E-state index in [1.807, 2.05) is 16.9 Å². The fourth-order valence-electron chi connectivity index (χ4n) is 4.59. The highest BCUT2D eigenvalue weighted by Gasteiger charge is 2.22. The number of fused-ring (bicyclic) bond motifs is 2. The molecule has 1 aliphatic carbocycles. The van der Waals surface area contributed by atoms with Crippen LogP contribution in [0.3, 0.4) is 0 Å². The monoisotopic (exact) mass is 430 g/mol. The molecule has 0 unspecified atom stereocenters. The number of hydrogen-bond acceptors (Lipinski definition) is 6. The van der Waals surface area contributed by atoms with E-state index < -0.39 is 0 Å². The lowest BCUT2D eigenvalue weighted by Crippen LogP contribution is -2.21. The molecule has 0 aliphatic heterocycles. The van der Waals surface area contributed by atoms with E-state index >= 15 is 0 Å². The summed E-state index contributed by atoms with van der Waals surface area (Å²) in [5.41, 5.74) is 9.79. The first-order chi connectivity index (χ1) is 15.2. The van der Waals surface area contributed by atoms with Crippen molar-refractivity contribution in [3.8, 4) is 22.5 Å². The summed E-state index contributed by atoms with van der Waals surface area (Å²) in [6, 6.07) is 10.7. The van der Waals surface area contributed by atoms with Crippen LogP contribution in [0.4, 0.5) is 5.82 Å². The first kappa shape index (κ1) is 18.6. The summed E-state index contributed by atoms with van der Waals surface area (Å²) < 4.78 is 9.44. The second kappa shape index (κ2) is 7.21. The van der Waals surface area contributed by atoms with Crippen LogP contribution in [0.2, 0.25) is 0 Å². The minimum atomic E-state index is -0.177. The van der Waals surface area contributed by atoms with Gasteiger partial charge in [-0.2, -0.15) is 5.10 Å². The van der Waals surface area contributed by atoms with Crippen molar-refractivity contribution >= 4 is 38.2 Å². The molecule has 1 fully saturated rings. The van der Waals surface area contributed by atoms with Crippen LogP contribution in [0.15, 0.2) is 58.7 Å². The molecule has 4 heterocycles. The lowest BCUT2D eigenvalue weighted by atomic mass is 9.93. The van der Waals surface area contributed by atoms with E-state index in [2.05, 4.69) is 45.9 Å². The number of anilines is 1. The maximum atomic E-state index is 9.79. The Bertz CT molecular complexity index is 1390. The van der Waals surface area contributed by atoms with Gasteiger partial charge in [-0.25, -0.2) is 4.98 Å². The molecule has 1 aromatic carbocycles. The summed E-state index contributed by atoms with van der Waals surface area (Å²) in [6.07, 6.45) is 9.11. The molecule has 0 spiro atoms. The van der Waals surface area contributed by atoms with Crippen LogP contribution in [0.25, 0.3) is 43.5 Å². The molecule has 0 saturated heterocycles. The van der Waals surface area contributed by atoms with Crippen molar-refractivity contribution in [2.24, 2.45) is 0 Å². The number of hydrogen-bond donors (Lipinski definition) is 2. The summed E-state index contributed by atoms with van der Waals surface area (Å²) in [6.45, 7) is 0. The first-order valence-electron chi connectivity index (χ1n) is 10.5. The number of thiophene rings is 1. The first-order valence-corrected chi connectivity index (χ1v) is 11.4. The maximum Gasteiger partial charge on any atom is 0.177 e. The van der Waals surface area contributed by atoms with E-state index in [-0.39, 0.29) is 6.10 Å². The highest BCUT2D eigenvalue weighted by Crippen LogP contribution is 2.40. The highest BCUT2D eigenvalue weighted by atomic mass is 32.1. The number of furan rings is 1. The second-order valence-electron chi connectivity index (χ2n) is 8.23. The zero-order valence-electron chi connectivity index (χ0n) is 16.9. The van der Waals surface area contributed by atoms with Crippen molar-refractivity contribution in [3.63, 3.8) is 0 Å². The van der Waals surface area contributed by atoms with Gasteiger partial charge >= 0.3 is 0 Å². The summed E-state index contributed by atoms with van der Waals surface area (Å²) in [5, 5.41) is 18.6. The zero-order chi connectivity index (χ0) is 20.9. The molecule has 1 saturated carbocycles. The molecular weight excluding hydrogens is 408 g/mol. The summed E-state index contributed by atoms with van der Waals surface area (Å²) in [4.78, 5) is 4.39. The average Bonchev–Trinajstić information content (AvgIpc) is 3.53. The van der Waals surface area contributed by atoms with Crippen molar-refractivity contribution in [1.82, 2.24) is 14.8 Å². The predicted octanol–water partition coefficient (Wildman–Crippen LogP) is 5.63. The molecule has 0 radical (unpaired) electrons. The van der Waals surface area contributed by atoms with E-state index in [1.54, 1.807) is 17.5 Å². The topological polar surface area (TPSA) is 90.1 Å². The van der Waals surface area contributed by atoms with Crippen LogP contribution in [0.5, 0.6) is 0 Å². The van der Waals surface area contributed by atoms with Crippen LogP contribution in [-0.4, -0.2) is 26.0 Å². The Morgan fingerprint density at radius 3 is 2.84 bits per heavy atom. The third-order valence-electron chi connectivity index (χ3n) is 6.28. The number of aliphatic hydroxyl groups excluding tert-OH is 1. The van der Waals surface area contributed by atoms with Crippen molar-refractivity contribution in [1.29, 1.82) is 0 Å². The van der Waals surface area contributed by atoms with E-state index in [1.165, 1.54) is 10.1 Å². The highest BCUT2D eigenvalue weighted by molar-refractivity contribution is 7.17. The molecule has 0 bridgehead atoms. The van der Waals surface area contributed by atoms with Crippen molar-refractivity contribution in [2.75, 3.05) is 5.73 Å². The van der Waals surface area contributed by atoms with Gasteiger partial charge in [0, 0.05) is 39.2 Å². The largest absolute Gasteiger partial charge is 0.452 e. The quantitative estimate of drug-likeness (QED) is 0.387. The fourth-order valence-corrected chi connectivity index (χ4v) is 5.51. The molecular formula is C24H22N4O2S. The Kier molecular flexibility index (Phi) is 4.33. The van der Waals surface area contributed by atoms with Crippen LogP contribution in [0.1, 0.15) is 31.7 Å². The lowest BCUT2D eigenvalue weighted by molar-refractivity contribution is 0.108. The number of benzene rings is 1. The van der Waals surface area contributed by atoms with Gasteiger partial charge in [0.15, 0.2) is 11.4 Å². The Morgan fingerprint density at radius 1 is 1.10 bits per heavy atom. The summed E-state index contributed by atoms with van der Waals surface area (Å²) in [5.74, 6) is 1.18. The summed E-state index contributed by atoms with van der Waals surface area (Å²) in [7, 11) is 0. The molecule has 31 heavy (non-hydrogen) atoms. The van der Waals surface area contributed by atoms with E-state index in [0.29, 0.717) is 17.4 Å². The number of aromatic nitrogens is 3. The van der Waals surface area contributed by atoms with Crippen molar-refractivity contribution < 1.29 is 9.52 Å². The van der Waals surface area contributed by atoms with Gasteiger partial charge in [-0.1, -0.05) is 12.1 Å². The number of nitrogen functional groups attached to an aromatic ring is 1. The van der Waals surface area contributed by atoms with Crippen molar-refractivity contribution in [3.05, 3.63) is 54.3 Å². The predicted molar refractivity (Wildman–Crippen MR) is 124 cm³/mol. The standard InChI is InChI=1S/C24H22N4O2S/c25-24-22-19(10-21(30-22)18-3-1-2-14-8-9-31-23(14)18)20(12-26-24)15-11-27-28(13-15)16-4-6-17(29)7-5-16/h1-3,8-13,16-17,29H,4-7H2,(H2,25,26)/t16-,17-. The van der Waals surface area contributed by atoms with Gasteiger partial charge in [0.25, 0.3) is 0 Å². The van der Waals surface area contributed by atoms with Crippen LogP contribution < -0.4 is 5.73 Å². The van der Waals surface area contributed by atoms with Crippen LogP contribution >= 0.6 is 11.3 Å². The minimum Gasteiger partial charge on any atom is -0.452 e. The Labute approximate surface area is 182 Å².